The van der Waals surface area contributed by atoms with Crippen LogP contribution in [-0.2, 0) is 6.42 Å². The molecule has 1 aromatic carbocycles. The predicted octanol–water partition coefficient (Wildman–Crippen LogP) is 3.95. The Bertz CT molecular complexity index is 740. The quantitative estimate of drug-likeness (QED) is 0.365. The Kier molecular flexibility index (Phi) is 9.17. The summed E-state index contributed by atoms with van der Waals surface area (Å²) in [6, 6.07) is 7.41. The van der Waals surface area contributed by atoms with Crippen molar-refractivity contribution in [2.24, 2.45) is 4.99 Å². The molecule has 0 amide bonds. The van der Waals surface area contributed by atoms with E-state index in [2.05, 4.69) is 44.0 Å². The largest absolute Gasteiger partial charge is 0.356 e. The second kappa shape index (κ2) is 11.1. The first kappa shape index (κ1) is 22.3. The molecule has 1 unspecified atom stereocenters. The lowest BCUT2D eigenvalue weighted by molar-refractivity contribution is 0.375. The molecule has 2 heterocycles. The number of rotatable bonds is 5. The molecule has 148 valence electrons. The van der Waals surface area contributed by atoms with Crippen LogP contribution in [0.3, 0.4) is 0 Å². The van der Waals surface area contributed by atoms with E-state index in [9.17, 15) is 0 Å². The molecule has 1 aliphatic rings. The van der Waals surface area contributed by atoms with Gasteiger partial charge in [-0.3, -0.25) is 4.99 Å². The molecule has 1 saturated heterocycles. The summed E-state index contributed by atoms with van der Waals surface area (Å²) in [6.45, 7) is 5.02. The minimum Gasteiger partial charge on any atom is -0.356 e. The normalized spacial score (nSPS) is 17.5. The fraction of sp³-hybridized carbons (Fsp3) is 0.500. The summed E-state index contributed by atoms with van der Waals surface area (Å²) < 4.78 is 5.35. The molecule has 1 aromatic heterocycles. The molecule has 3 rings (SSSR count). The predicted molar refractivity (Wildman–Crippen MR) is 123 cm³/mol. The van der Waals surface area contributed by atoms with Crippen molar-refractivity contribution in [1.29, 1.82) is 0 Å². The minimum atomic E-state index is 0. The zero-order valence-electron chi connectivity index (χ0n) is 15.5. The summed E-state index contributed by atoms with van der Waals surface area (Å²) in [7, 11) is 1.83. The Morgan fingerprint density at radius 1 is 1.41 bits per heavy atom. The van der Waals surface area contributed by atoms with Gasteiger partial charge >= 0.3 is 0 Å². The van der Waals surface area contributed by atoms with Crippen molar-refractivity contribution in [3.8, 4) is 11.4 Å². The van der Waals surface area contributed by atoms with Crippen LogP contribution < -0.4 is 5.32 Å². The summed E-state index contributed by atoms with van der Waals surface area (Å²) in [4.78, 5) is 11.2. The molecule has 0 saturated carbocycles. The second-order valence-electron chi connectivity index (χ2n) is 6.09. The van der Waals surface area contributed by atoms with Crippen LogP contribution in [0, 0.1) is 0 Å². The van der Waals surface area contributed by atoms with E-state index in [1.54, 1.807) is 0 Å². The third kappa shape index (κ3) is 6.25. The van der Waals surface area contributed by atoms with E-state index >= 15 is 0 Å². The summed E-state index contributed by atoms with van der Waals surface area (Å²) in [6.07, 6.45) is 1.84. The van der Waals surface area contributed by atoms with Crippen molar-refractivity contribution < 1.29 is 4.52 Å². The number of benzene rings is 1. The van der Waals surface area contributed by atoms with Crippen LogP contribution in [0.2, 0.25) is 5.02 Å². The van der Waals surface area contributed by atoms with Gasteiger partial charge in [-0.05, 0) is 30.7 Å². The molecule has 0 bridgehead atoms. The smallest absolute Gasteiger partial charge is 0.228 e. The molecule has 2 aromatic rings. The van der Waals surface area contributed by atoms with Crippen molar-refractivity contribution in [2.75, 3.05) is 32.4 Å². The molecule has 0 aliphatic carbocycles. The van der Waals surface area contributed by atoms with E-state index < -0.39 is 0 Å². The maximum atomic E-state index is 5.91. The Hall–Kier alpha value is -1.000. The van der Waals surface area contributed by atoms with Gasteiger partial charge in [-0.1, -0.05) is 23.7 Å². The maximum Gasteiger partial charge on any atom is 0.228 e. The van der Waals surface area contributed by atoms with Crippen LogP contribution in [0.25, 0.3) is 11.4 Å². The molecule has 0 spiro atoms. The zero-order chi connectivity index (χ0) is 18.4. The van der Waals surface area contributed by atoms with E-state index in [0.717, 1.165) is 30.4 Å². The van der Waals surface area contributed by atoms with Gasteiger partial charge in [0.25, 0.3) is 0 Å². The molecule has 9 heteroatoms. The van der Waals surface area contributed by atoms with Gasteiger partial charge in [0.05, 0.1) is 0 Å². The highest BCUT2D eigenvalue weighted by molar-refractivity contribution is 14.0. The van der Waals surface area contributed by atoms with Crippen molar-refractivity contribution >= 4 is 53.3 Å². The van der Waals surface area contributed by atoms with Crippen LogP contribution in [0.15, 0.2) is 33.8 Å². The Balaban J connectivity index is 0.00000261. The molecule has 6 nitrogen and oxygen atoms in total. The lowest BCUT2D eigenvalue weighted by Crippen LogP contribution is -2.48. The van der Waals surface area contributed by atoms with E-state index in [0.29, 0.717) is 35.0 Å². The van der Waals surface area contributed by atoms with Crippen molar-refractivity contribution in [1.82, 2.24) is 20.4 Å². The molecule has 1 fully saturated rings. The molecular weight excluding hydrogens is 497 g/mol. The molecular formula is C18H25ClIN5OS. The third-order valence-electron chi connectivity index (χ3n) is 4.30. The van der Waals surface area contributed by atoms with Crippen molar-refractivity contribution in [2.45, 2.75) is 25.0 Å². The number of nitrogens with zero attached hydrogens (tertiary/aromatic N) is 4. The van der Waals surface area contributed by atoms with Gasteiger partial charge in [0.15, 0.2) is 5.96 Å². The second-order valence-corrected chi connectivity index (χ2v) is 7.93. The number of nitrogens with one attached hydrogen (secondary N) is 1. The minimum absolute atomic E-state index is 0. The Labute approximate surface area is 186 Å². The average molecular weight is 522 g/mol. The fourth-order valence-electron chi connectivity index (χ4n) is 2.84. The van der Waals surface area contributed by atoms with Gasteiger partial charge in [-0.15, -0.1) is 24.0 Å². The van der Waals surface area contributed by atoms with Crippen LogP contribution >= 0.6 is 47.3 Å². The number of aliphatic imine (C=N–C) groups is 1. The molecule has 1 atom stereocenters. The van der Waals surface area contributed by atoms with Gasteiger partial charge in [-0.25, -0.2) is 0 Å². The molecule has 0 radical (unpaired) electrons. The maximum absolute atomic E-state index is 5.91. The first-order valence-corrected chi connectivity index (χ1v) is 10.3. The number of guanidine groups is 1. The average Bonchev–Trinajstić information content (AvgIpc) is 3.15. The van der Waals surface area contributed by atoms with Gasteiger partial charge in [0.2, 0.25) is 11.7 Å². The summed E-state index contributed by atoms with van der Waals surface area (Å²) in [5.41, 5.74) is 0.893. The monoisotopic (exact) mass is 521 g/mol. The number of hydrogen-bond acceptors (Lipinski definition) is 5. The number of hydrogen-bond donors (Lipinski definition) is 1. The lowest BCUT2D eigenvalue weighted by Gasteiger charge is -2.34. The summed E-state index contributed by atoms with van der Waals surface area (Å²) >= 11 is 7.96. The lowest BCUT2D eigenvalue weighted by atomic mass is 10.2. The van der Waals surface area contributed by atoms with Gasteiger partial charge in [0, 0.05) is 54.7 Å². The van der Waals surface area contributed by atoms with E-state index in [1.807, 2.05) is 31.3 Å². The number of halogens is 2. The van der Waals surface area contributed by atoms with Gasteiger partial charge in [-0.2, -0.15) is 16.7 Å². The molecule has 27 heavy (non-hydrogen) atoms. The highest BCUT2D eigenvalue weighted by Crippen LogP contribution is 2.21. The SMILES string of the molecule is CCC1CN(C(=NC)NCCc2nc(-c3ccc(Cl)cc3)no2)CCS1.I. The summed E-state index contributed by atoms with van der Waals surface area (Å²) in [5, 5.41) is 8.82. The standard InChI is InChI=1S/C18H24ClN5OS.HI/c1-3-15-12-24(10-11-26-15)18(20-2)21-9-8-16-22-17(23-25-16)13-4-6-14(19)7-5-13;/h4-7,15H,3,8-12H2,1-2H3,(H,20,21);1H. The molecule has 1 aliphatic heterocycles. The highest BCUT2D eigenvalue weighted by Gasteiger charge is 2.21. The van der Waals surface area contributed by atoms with E-state index in [1.165, 1.54) is 6.42 Å². The van der Waals surface area contributed by atoms with Gasteiger partial charge in [0.1, 0.15) is 0 Å². The van der Waals surface area contributed by atoms with E-state index in [4.69, 9.17) is 16.1 Å². The zero-order valence-corrected chi connectivity index (χ0v) is 19.4. The molecule has 1 N–H and O–H groups in total. The highest BCUT2D eigenvalue weighted by atomic mass is 127. The fourth-order valence-corrected chi connectivity index (χ4v) is 4.15. The topological polar surface area (TPSA) is 66.5 Å². The Morgan fingerprint density at radius 3 is 2.89 bits per heavy atom. The first-order valence-electron chi connectivity index (χ1n) is 8.85. The van der Waals surface area contributed by atoms with Crippen molar-refractivity contribution in [3.05, 3.63) is 35.2 Å². The first-order chi connectivity index (χ1) is 12.7. The van der Waals surface area contributed by atoms with Gasteiger partial charge < -0.3 is 14.7 Å². The summed E-state index contributed by atoms with van der Waals surface area (Å²) in [5.74, 6) is 3.28. The van der Waals surface area contributed by atoms with Crippen LogP contribution in [0.1, 0.15) is 19.2 Å². The van der Waals surface area contributed by atoms with Crippen LogP contribution in [0.5, 0.6) is 0 Å². The third-order valence-corrected chi connectivity index (χ3v) is 5.92. The van der Waals surface area contributed by atoms with Crippen LogP contribution in [-0.4, -0.2) is 58.7 Å². The Morgan fingerprint density at radius 2 is 2.19 bits per heavy atom. The van der Waals surface area contributed by atoms with Crippen molar-refractivity contribution in [3.63, 3.8) is 0 Å². The van der Waals surface area contributed by atoms with E-state index in [-0.39, 0.29) is 24.0 Å². The van der Waals surface area contributed by atoms with Crippen LogP contribution in [0.4, 0.5) is 0 Å². The number of thioether (sulfide) groups is 1. The number of aromatic nitrogens is 2.